The quantitative estimate of drug-likeness (QED) is 0.869. The minimum atomic E-state index is -0.782. The Kier molecular flexibility index (Phi) is 4.65. The minimum absolute atomic E-state index is 0.0588. The summed E-state index contributed by atoms with van der Waals surface area (Å²) in [6, 6.07) is 5.67. The zero-order valence-corrected chi connectivity index (χ0v) is 12.3. The molecular formula is C16H23NO3. The van der Waals surface area contributed by atoms with Crippen molar-refractivity contribution in [2.75, 3.05) is 7.11 Å². The molecule has 0 spiro atoms. The molecule has 4 heteroatoms. The first-order valence-corrected chi connectivity index (χ1v) is 7.18. The fourth-order valence-corrected chi connectivity index (χ4v) is 2.84. The van der Waals surface area contributed by atoms with Crippen molar-refractivity contribution in [3.8, 4) is 5.75 Å². The van der Waals surface area contributed by atoms with E-state index in [0.717, 1.165) is 25.0 Å². The van der Waals surface area contributed by atoms with Gasteiger partial charge in [0.15, 0.2) is 0 Å². The highest BCUT2D eigenvalue weighted by Gasteiger charge is 2.28. The number of hydrogen-bond acceptors (Lipinski definition) is 3. The fourth-order valence-electron chi connectivity index (χ4n) is 2.84. The Hall–Kier alpha value is -1.55. The molecule has 2 N–H and O–H groups in total. The van der Waals surface area contributed by atoms with E-state index < -0.39 is 12.0 Å². The molecule has 0 saturated carbocycles. The Morgan fingerprint density at radius 2 is 2.20 bits per heavy atom. The van der Waals surface area contributed by atoms with Gasteiger partial charge in [0, 0.05) is 6.04 Å². The molecule has 0 bridgehead atoms. The van der Waals surface area contributed by atoms with Gasteiger partial charge in [0.1, 0.15) is 11.8 Å². The predicted octanol–water partition coefficient (Wildman–Crippen LogP) is 2.77. The second-order valence-corrected chi connectivity index (χ2v) is 5.74. The van der Waals surface area contributed by atoms with Gasteiger partial charge in [-0.15, -0.1) is 0 Å². The van der Waals surface area contributed by atoms with Crippen LogP contribution in [0.4, 0.5) is 0 Å². The first-order valence-electron chi connectivity index (χ1n) is 7.18. The van der Waals surface area contributed by atoms with E-state index in [2.05, 4.69) is 11.4 Å². The largest absolute Gasteiger partial charge is 0.497 e. The summed E-state index contributed by atoms with van der Waals surface area (Å²) in [7, 11) is 1.65. The first-order chi connectivity index (χ1) is 9.52. The molecule has 0 fully saturated rings. The van der Waals surface area contributed by atoms with Gasteiger partial charge in [-0.1, -0.05) is 19.9 Å². The van der Waals surface area contributed by atoms with Crippen LogP contribution >= 0.6 is 0 Å². The van der Waals surface area contributed by atoms with Crippen LogP contribution in [0.15, 0.2) is 18.2 Å². The summed E-state index contributed by atoms with van der Waals surface area (Å²) in [5, 5.41) is 12.6. The molecule has 1 aliphatic rings. The molecule has 110 valence electrons. The van der Waals surface area contributed by atoms with Gasteiger partial charge >= 0.3 is 5.97 Å². The van der Waals surface area contributed by atoms with Crippen molar-refractivity contribution in [2.24, 2.45) is 5.92 Å². The number of hydrogen-bond donors (Lipinski definition) is 2. The topological polar surface area (TPSA) is 58.6 Å². The second kappa shape index (κ2) is 6.27. The van der Waals surface area contributed by atoms with Gasteiger partial charge in [0.25, 0.3) is 0 Å². The van der Waals surface area contributed by atoms with E-state index >= 15 is 0 Å². The number of aliphatic carboxylic acids is 1. The number of carboxylic acids is 1. The Bertz CT molecular complexity index is 485. The molecule has 0 aliphatic heterocycles. The van der Waals surface area contributed by atoms with Crippen LogP contribution in [0.1, 0.15) is 43.9 Å². The van der Waals surface area contributed by atoms with Gasteiger partial charge in [0.2, 0.25) is 0 Å². The number of ether oxygens (including phenoxy) is 1. The number of nitrogens with one attached hydrogen (secondary N) is 1. The molecule has 1 aliphatic carbocycles. The van der Waals surface area contributed by atoms with E-state index in [-0.39, 0.29) is 12.0 Å². The monoisotopic (exact) mass is 277 g/mol. The van der Waals surface area contributed by atoms with Crippen LogP contribution in [0.3, 0.4) is 0 Å². The summed E-state index contributed by atoms with van der Waals surface area (Å²) in [5.41, 5.74) is 2.48. The number of carboxylic acid groups (broad SMARTS) is 1. The lowest BCUT2D eigenvalue weighted by Crippen LogP contribution is -2.43. The lowest BCUT2D eigenvalue weighted by molar-refractivity contribution is -0.141. The van der Waals surface area contributed by atoms with E-state index in [1.54, 1.807) is 7.11 Å². The highest BCUT2D eigenvalue weighted by molar-refractivity contribution is 5.73. The van der Waals surface area contributed by atoms with Crippen LogP contribution < -0.4 is 10.1 Å². The molecule has 1 aromatic carbocycles. The van der Waals surface area contributed by atoms with Gasteiger partial charge in [-0.05, 0) is 48.4 Å². The van der Waals surface area contributed by atoms with Crippen LogP contribution in [0.25, 0.3) is 0 Å². The third kappa shape index (κ3) is 3.12. The molecule has 0 saturated heterocycles. The molecule has 4 nitrogen and oxygen atoms in total. The fraction of sp³-hybridized carbons (Fsp3) is 0.562. The van der Waals surface area contributed by atoms with Crippen LogP contribution in [0.5, 0.6) is 5.75 Å². The van der Waals surface area contributed by atoms with Gasteiger partial charge in [0.05, 0.1) is 7.11 Å². The first kappa shape index (κ1) is 14.9. The van der Waals surface area contributed by atoms with Gasteiger partial charge in [-0.2, -0.15) is 0 Å². The SMILES string of the molecule is COc1ccc2c(c1)C(NC(C(=O)O)C(C)C)CCC2. The third-order valence-corrected chi connectivity index (χ3v) is 3.98. The summed E-state index contributed by atoms with van der Waals surface area (Å²) in [6.07, 6.45) is 3.11. The Balaban J connectivity index is 2.25. The molecule has 2 rings (SSSR count). The minimum Gasteiger partial charge on any atom is -0.497 e. The van der Waals surface area contributed by atoms with E-state index in [1.165, 1.54) is 11.1 Å². The zero-order valence-electron chi connectivity index (χ0n) is 12.3. The molecule has 0 aromatic heterocycles. The van der Waals surface area contributed by atoms with Crippen molar-refractivity contribution in [3.63, 3.8) is 0 Å². The van der Waals surface area contributed by atoms with Gasteiger partial charge < -0.3 is 9.84 Å². The van der Waals surface area contributed by atoms with Crippen molar-refractivity contribution < 1.29 is 14.6 Å². The Labute approximate surface area is 120 Å². The molecule has 0 radical (unpaired) electrons. The third-order valence-electron chi connectivity index (χ3n) is 3.98. The molecule has 2 unspecified atom stereocenters. The predicted molar refractivity (Wildman–Crippen MR) is 78.1 cm³/mol. The average molecular weight is 277 g/mol. The summed E-state index contributed by atoms with van der Waals surface area (Å²) in [6.45, 7) is 3.86. The van der Waals surface area contributed by atoms with Crippen LogP contribution in [-0.2, 0) is 11.2 Å². The van der Waals surface area contributed by atoms with E-state index in [4.69, 9.17) is 4.74 Å². The molecule has 1 aromatic rings. The maximum Gasteiger partial charge on any atom is 0.320 e. The highest BCUT2D eigenvalue weighted by atomic mass is 16.5. The van der Waals surface area contributed by atoms with Crippen molar-refractivity contribution in [1.29, 1.82) is 0 Å². The summed E-state index contributed by atoms with van der Waals surface area (Å²) >= 11 is 0. The highest BCUT2D eigenvalue weighted by Crippen LogP contribution is 2.33. The summed E-state index contributed by atoms with van der Waals surface area (Å²) in [4.78, 5) is 11.4. The number of aryl methyl sites for hydroxylation is 1. The molecule has 0 amide bonds. The maximum absolute atomic E-state index is 11.4. The standard InChI is InChI=1S/C16H23NO3/c1-10(2)15(16(18)19)17-14-6-4-5-11-7-8-12(20-3)9-13(11)14/h7-10,14-15,17H,4-6H2,1-3H3,(H,18,19). The van der Waals surface area contributed by atoms with Crippen LogP contribution in [0.2, 0.25) is 0 Å². The van der Waals surface area contributed by atoms with Crippen LogP contribution in [0, 0.1) is 5.92 Å². The number of benzene rings is 1. The summed E-state index contributed by atoms with van der Waals surface area (Å²) in [5.74, 6) is 0.104. The zero-order chi connectivity index (χ0) is 14.7. The number of fused-ring (bicyclic) bond motifs is 1. The van der Waals surface area contributed by atoms with Crippen LogP contribution in [-0.4, -0.2) is 24.2 Å². The molecule has 2 atom stereocenters. The Morgan fingerprint density at radius 1 is 1.45 bits per heavy atom. The second-order valence-electron chi connectivity index (χ2n) is 5.74. The smallest absolute Gasteiger partial charge is 0.320 e. The number of methoxy groups -OCH3 is 1. The molecule has 20 heavy (non-hydrogen) atoms. The lowest BCUT2D eigenvalue weighted by Gasteiger charge is -2.30. The summed E-state index contributed by atoms with van der Waals surface area (Å²) < 4.78 is 5.28. The van der Waals surface area contributed by atoms with Gasteiger partial charge in [-0.3, -0.25) is 10.1 Å². The van der Waals surface area contributed by atoms with Crippen molar-refractivity contribution in [3.05, 3.63) is 29.3 Å². The van der Waals surface area contributed by atoms with E-state index in [9.17, 15) is 9.90 Å². The lowest BCUT2D eigenvalue weighted by atomic mass is 9.86. The Morgan fingerprint density at radius 3 is 2.80 bits per heavy atom. The van der Waals surface area contributed by atoms with Gasteiger partial charge in [-0.25, -0.2) is 0 Å². The maximum atomic E-state index is 11.4. The van der Waals surface area contributed by atoms with Crippen molar-refractivity contribution >= 4 is 5.97 Å². The van der Waals surface area contributed by atoms with E-state index in [1.807, 2.05) is 26.0 Å². The number of carbonyl (C=O) groups is 1. The van der Waals surface area contributed by atoms with Crippen molar-refractivity contribution in [1.82, 2.24) is 5.32 Å². The molecule has 0 heterocycles. The van der Waals surface area contributed by atoms with Crippen molar-refractivity contribution in [2.45, 2.75) is 45.2 Å². The molecular weight excluding hydrogens is 254 g/mol. The number of rotatable bonds is 5. The van der Waals surface area contributed by atoms with E-state index in [0.29, 0.717) is 0 Å². The average Bonchev–Trinajstić information content (AvgIpc) is 2.43. The normalized spacial score (nSPS) is 19.5.